The molecule has 0 unspecified atom stereocenters. The van der Waals surface area contributed by atoms with Crippen molar-refractivity contribution in [2.24, 2.45) is 4.99 Å². The molecule has 0 bridgehead atoms. The lowest BCUT2D eigenvalue weighted by Gasteiger charge is -2.14. The first-order valence-electron chi connectivity index (χ1n) is 7.70. The number of rotatable bonds is 5. The zero-order valence-corrected chi connectivity index (χ0v) is 13.9. The van der Waals surface area contributed by atoms with Gasteiger partial charge < -0.3 is 14.2 Å². The van der Waals surface area contributed by atoms with E-state index in [4.69, 9.17) is 14.2 Å². The van der Waals surface area contributed by atoms with Gasteiger partial charge in [0.1, 0.15) is 12.4 Å². The standard InChI is InChI=1S/C19H17NO5/c1-19(17(21)24-12-13-6-4-3-5-7-13)18(22)25-16(20-19)14-8-10-15(23-2)11-9-14/h3-11H,12H2,1-2H3/t19-/m0/s1. The van der Waals surface area contributed by atoms with Gasteiger partial charge in [-0.25, -0.2) is 14.6 Å². The largest absolute Gasteiger partial charge is 0.497 e. The molecule has 2 aromatic carbocycles. The van der Waals surface area contributed by atoms with Crippen LogP contribution in [0.15, 0.2) is 59.6 Å². The Balaban J connectivity index is 1.75. The first-order chi connectivity index (χ1) is 12.0. The molecule has 0 aromatic heterocycles. The van der Waals surface area contributed by atoms with Crippen LogP contribution in [0.5, 0.6) is 5.75 Å². The molecule has 128 valence electrons. The van der Waals surface area contributed by atoms with Crippen molar-refractivity contribution in [3.05, 3.63) is 65.7 Å². The van der Waals surface area contributed by atoms with Crippen molar-refractivity contribution < 1.29 is 23.8 Å². The molecule has 2 aromatic rings. The number of methoxy groups -OCH3 is 1. The van der Waals surface area contributed by atoms with Crippen LogP contribution >= 0.6 is 0 Å². The van der Waals surface area contributed by atoms with Crippen LogP contribution in [0.4, 0.5) is 0 Å². The van der Waals surface area contributed by atoms with Crippen LogP contribution in [-0.4, -0.2) is 30.5 Å². The molecular formula is C19H17NO5. The third kappa shape index (κ3) is 3.38. The van der Waals surface area contributed by atoms with Gasteiger partial charge in [0.15, 0.2) is 0 Å². The Morgan fingerprint density at radius 1 is 1.12 bits per heavy atom. The van der Waals surface area contributed by atoms with Crippen LogP contribution < -0.4 is 4.74 Å². The molecule has 6 nitrogen and oxygen atoms in total. The van der Waals surface area contributed by atoms with Gasteiger partial charge in [-0.2, -0.15) is 0 Å². The van der Waals surface area contributed by atoms with Crippen molar-refractivity contribution in [1.29, 1.82) is 0 Å². The number of carbonyl (C=O) groups is 2. The molecule has 0 N–H and O–H groups in total. The van der Waals surface area contributed by atoms with Gasteiger partial charge in [0, 0.05) is 5.56 Å². The Hall–Kier alpha value is -3.15. The van der Waals surface area contributed by atoms with E-state index in [1.165, 1.54) is 6.92 Å². The molecule has 0 saturated heterocycles. The number of hydrogen-bond donors (Lipinski definition) is 0. The summed E-state index contributed by atoms with van der Waals surface area (Å²) in [5, 5.41) is 0. The number of aliphatic imine (C=N–C) groups is 1. The van der Waals surface area contributed by atoms with E-state index in [0.717, 1.165) is 5.56 Å². The Morgan fingerprint density at radius 3 is 2.44 bits per heavy atom. The summed E-state index contributed by atoms with van der Waals surface area (Å²) in [5.74, 6) is -0.744. The Kier molecular flexibility index (Phi) is 4.52. The molecule has 0 aliphatic carbocycles. The average Bonchev–Trinajstić information content (AvgIpc) is 2.97. The summed E-state index contributed by atoms with van der Waals surface area (Å²) in [7, 11) is 1.56. The van der Waals surface area contributed by atoms with E-state index in [0.29, 0.717) is 11.3 Å². The van der Waals surface area contributed by atoms with Crippen LogP contribution in [0.3, 0.4) is 0 Å². The number of nitrogens with zero attached hydrogens (tertiary/aromatic N) is 1. The van der Waals surface area contributed by atoms with E-state index in [2.05, 4.69) is 4.99 Å². The maximum atomic E-state index is 12.4. The number of hydrogen-bond acceptors (Lipinski definition) is 6. The van der Waals surface area contributed by atoms with Gasteiger partial charge >= 0.3 is 11.9 Å². The van der Waals surface area contributed by atoms with Gasteiger partial charge in [-0.05, 0) is 36.8 Å². The second-order valence-corrected chi connectivity index (χ2v) is 5.67. The lowest BCUT2D eigenvalue weighted by Crippen LogP contribution is -2.40. The summed E-state index contributed by atoms with van der Waals surface area (Å²) in [6, 6.07) is 16.0. The van der Waals surface area contributed by atoms with E-state index in [9.17, 15) is 9.59 Å². The highest BCUT2D eigenvalue weighted by Crippen LogP contribution is 2.26. The van der Waals surface area contributed by atoms with Crippen LogP contribution in [0, 0.1) is 0 Å². The number of carbonyl (C=O) groups excluding carboxylic acids is 2. The first-order valence-corrected chi connectivity index (χ1v) is 7.70. The minimum atomic E-state index is -1.70. The Morgan fingerprint density at radius 2 is 1.80 bits per heavy atom. The van der Waals surface area contributed by atoms with Crippen LogP contribution in [0.2, 0.25) is 0 Å². The molecule has 1 heterocycles. The Bertz CT molecular complexity index is 813. The second kappa shape index (κ2) is 6.76. The molecule has 6 heteroatoms. The van der Waals surface area contributed by atoms with E-state index < -0.39 is 17.5 Å². The van der Waals surface area contributed by atoms with Gasteiger partial charge in [0.25, 0.3) is 5.54 Å². The predicted molar refractivity (Wildman–Crippen MR) is 90.3 cm³/mol. The molecule has 1 aliphatic heterocycles. The van der Waals surface area contributed by atoms with Crippen LogP contribution in [-0.2, 0) is 25.7 Å². The quantitative estimate of drug-likeness (QED) is 0.618. The van der Waals surface area contributed by atoms with Crippen molar-refractivity contribution in [2.75, 3.05) is 7.11 Å². The van der Waals surface area contributed by atoms with Crippen LogP contribution in [0.1, 0.15) is 18.1 Å². The summed E-state index contributed by atoms with van der Waals surface area (Å²) in [4.78, 5) is 28.7. The summed E-state index contributed by atoms with van der Waals surface area (Å²) in [6.45, 7) is 1.45. The lowest BCUT2D eigenvalue weighted by molar-refractivity contribution is -0.158. The smallest absolute Gasteiger partial charge is 0.352 e. The monoisotopic (exact) mass is 339 g/mol. The summed E-state index contributed by atoms with van der Waals surface area (Å²) >= 11 is 0. The maximum Gasteiger partial charge on any atom is 0.352 e. The van der Waals surface area contributed by atoms with Gasteiger partial charge in [0.05, 0.1) is 7.11 Å². The highest BCUT2D eigenvalue weighted by atomic mass is 16.6. The van der Waals surface area contributed by atoms with Gasteiger partial charge in [-0.3, -0.25) is 0 Å². The van der Waals surface area contributed by atoms with E-state index in [1.807, 2.05) is 30.3 Å². The Labute approximate surface area is 145 Å². The summed E-state index contributed by atoms with van der Waals surface area (Å²) in [6.07, 6.45) is 0. The fourth-order valence-corrected chi connectivity index (χ4v) is 2.31. The van der Waals surface area contributed by atoms with E-state index >= 15 is 0 Å². The number of esters is 2. The first kappa shape index (κ1) is 16.7. The molecule has 0 amide bonds. The maximum absolute atomic E-state index is 12.4. The molecular weight excluding hydrogens is 322 g/mol. The molecule has 3 rings (SSSR count). The van der Waals surface area contributed by atoms with E-state index in [1.54, 1.807) is 31.4 Å². The predicted octanol–water partition coefficient (Wildman–Crippen LogP) is 2.50. The van der Waals surface area contributed by atoms with Crippen molar-refractivity contribution in [2.45, 2.75) is 19.1 Å². The van der Waals surface area contributed by atoms with Gasteiger partial charge in [-0.15, -0.1) is 0 Å². The molecule has 0 saturated carbocycles. The van der Waals surface area contributed by atoms with E-state index in [-0.39, 0.29) is 12.5 Å². The normalized spacial score (nSPS) is 19.1. The molecule has 1 aliphatic rings. The van der Waals surface area contributed by atoms with Gasteiger partial charge in [0.2, 0.25) is 5.90 Å². The number of cyclic esters (lactones) is 1. The van der Waals surface area contributed by atoms with Gasteiger partial charge in [-0.1, -0.05) is 30.3 Å². The zero-order chi connectivity index (χ0) is 17.9. The van der Waals surface area contributed by atoms with Crippen molar-refractivity contribution in [3.63, 3.8) is 0 Å². The minimum absolute atomic E-state index is 0.0654. The molecule has 1 atom stereocenters. The molecule has 0 fully saturated rings. The fourth-order valence-electron chi connectivity index (χ4n) is 2.31. The van der Waals surface area contributed by atoms with Crippen molar-refractivity contribution in [1.82, 2.24) is 0 Å². The summed E-state index contributed by atoms with van der Waals surface area (Å²) in [5.41, 5.74) is -0.303. The second-order valence-electron chi connectivity index (χ2n) is 5.67. The molecule has 0 spiro atoms. The lowest BCUT2D eigenvalue weighted by atomic mass is 10.1. The average molecular weight is 339 g/mol. The van der Waals surface area contributed by atoms with Crippen molar-refractivity contribution in [3.8, 4) is 5.75 Å². The summed E-state index contributed by atoms with van der Waals surface area (Å²) < 4.78 is 15.5. The highest BCUT2D eigenvalue weighted by Gasteiger charge is 2.50. The molecule has 25 heavy (non-hydrogen) atoms. The third-order valence-electron chi connectivity index (χ3n) is 3.86. The SMILES string of the molecule is COc1ccc(C2=N[C@@](C)(C(=O)OCc3ccccc3)C(=O)O2)cc1. The minimum Gasteiger partial charge on any atom is -0.497 e. The third-order valence-corrected chi connectivity index (χ3v) is 3.86. The highest BCUT2D eigenvalue weighted by molar-refractivity contribution is 6.16. The molecule has 0 radical (unpaired) electrons. The number of ether oxygens (including phenoxy) is 3. The number of benzene rings is 2. The zero-order valence-electron chi connectivity index (χ0n) is 13.9. The topological polar surface area (TPSA) is 74.2 Å². The van der Waals surface area contributed by atoms with Crippen molar-refractivity contribution >= 4 is 17.8 Å². The fraction of sp³-hybridized carbons (Fsp3) is 0.211. The van der Waals surface area contributed by atoms with Crippen LogP contribution in [0.25, 0.3) is 0 Å².